The molecule has 2 amide bonds. The lowest BCUT2D eigenvalue weighted by molar-refractivity contribution is 0.0342. The van der Waals surface area contributed by atoms with Crippen LogP contribution in [0.4, 0.5) is 9.93 Å². The van der Waals surface area contributed by atoms with Crippen molar-refractivity contribution in [3.8, 4) is 0 Å². The zero-order valence-electron chi connectivity index (χ0n) is 12.8. The highest BCUT2D eigenvalue weighted by Gasteiger charge is 2.10. The summed E-state index contributed by atoms with van der Waals surface area (Å²) in [6.45, 7) is 5.05. The van der Waals surface area contributed by atoms with Gasteiger partial charge in [0.2, 0.25) is 0 Å². The van der Waals surface area contributed by atoms with Crippen LogP contribution in [-0.2, 0) is 17.8 Å². The minimum Gasteiger partial charge on any atom is -0.379 e. The number of hydrogen-bond acceptors (Lipinski definition) is 5. The maximum atomic E-state index is 11.7. The Morgan fingerprint density at radius 1 is 1.22 bits per heavy atom. The molecule has 122 valence electrons. The highest BCUT2D eigenvalue weighted by molar-refractivity contribution is 7.13. The van der Waals surface area contributed by atoms with Gasteiger partial charge in [-0.05, 0) is 11.1 Å². The molecule has 1 aromatic heterocycles. The Morgan fingerprint density at radius 3 is 2.65 bits per heavy atom. The molecule has 0 radical (unpaired) electrons. The normalized spacial score (nSPS) is 15.3. The molecule has 0 aliphatic carbocycles. The molecule has 2 heterocycles. The minimum absolute atomic E-state index is 0.239. The van der Waals surface area contributed by atoms with E-state index in [9.17, 15) is 4.79 Å². The van der Waals surface area contributed by atoms with E-state index in [0.717, 1.165) is 38.4 Å². The zero-order chi connectivity index (χ0) is 15.9. The van der Waals surface area contributed by atoms with Crippen molar-refractivity contribution in [3.63, 3.8) is 0 Å². The summed E-state index contributed by atoms with van der Waals surface area (Å²) in [7, 11) is 0. The average molecular weight is 332 g/mol. The van der Waals surface area contributed by atoms with Gasteiger partial charge in [0.15, 0.2) is 5.13 Å². The molecule has 1 aromatic carbocycles. The summed E-state index contributed by atoms with van der Waals surface area (Å²) in [4.78, 5) is 18.1. The Bertz CT molecular complexity index is 610. The summed E-state index contributed by atoms with van der Waals surface area (Å²) in [6.07, 6.45) is 1.66. The molecule has 1 saturated heterocycles. The third-order valence-electron chi connectivity index (χ3n) is 3.64. The summed E-state index contributed by atoms with van der Waals surface area (Å²) >= 11 is 1.39. The Kier molecular flexibility index (Phi) is 5.57. The monoisotopic (exact) mass is 332 g/mol. The maximum Gasteiger partial charge on any atom is 0.321 e. The lowest BCUT2D eigenvalue weighted by Crippen LogP contribution is -2.35. The van der Waals surface area contributed by atoms with Crippen LogP contribution in [0, 0.1) is 0 Å². The van der Waals surface area contributed by atoms with Crippen LogP contribution in [0.1, 0.15) is 11.1 Å². The first kappa shape index (κ1) is 15.9. The standard InChI is InChI=1S/C16H20N4O2S/c21-15(19-16-17-5-10-23-16)18-11-13-1-3-14(4-2-13)12-20-6-8-22-9-7-20/h1-5,10H,6-9,11-12H2,(H2,17,18,19,21). The van der Waals surface area contributed by atoms with Crippen molar-refractivity contribution in [3.05, 3.63) is 47.0 Å². The summed E-state index contributed by atoms with van der Waals surface area (Å²) in [5.41, 5.74) is 2.35. The molecule has 2 aromatic rings. The van der Waals surface area contributed by atoms with Gasteiger partial charge in [-0.3, -0.25) is 10.2 Å². The number of anilines is 1. The number of amides is 2. The lowest BCUT2D eigenvalue weighted by Gasteiger charge is -2.26. The molecule has 2 N–H and O–H groups in total. The van der Waals surface area contributed by atoms with E-state index < -0.39 is 0 Å². The molecule has 3 rings (SSSR count). The Labute approximate surface area is 139 Å². The molecule has 0 saturated carbocycles. The van der Waals surface area contributed by atoms with Crippen molar-refractivity contribution in [1.82, 2.24) is 15.2 Å². The highest BCUT2D eigenvalue weighted by atomic mass is 32.1. The average Bonchev–Trinajstić information content (AvgIpc) is 3.08. The van der Waals surface area contributed by atoms with Crippen LogP contribution < -0.4 is 10.6 Å². The molecule has 7 heteroatoms. The van der Waals surface area contributed by atoms with E-state index >= 15 is 0 Å². The van der Waals surface area contributed by atoms with E-state index in [-0.39, 0.29) is 6.03 Å². The number of hydrogen-bond donors (Lipinski definition) is 2. The second kappa shape index (κ2) is 8.05. The van der Waals surface area contributed by atoms with E-state index in [1.54, 1.807) is 6.20 Å². The fraction of sp³-hybridized carbons (Fsp3) is 0.375. The fourth-order valence-corrected chi connectivity index (χ4v) is 2.91. The van der Waals surface area contributed by atoms with Crippen LogP contribution >= 0.6 is 11.3 Å². The van der Waals surface area contributed by atoms with Gasteiger partial charge in [-0.1, -0.05) is 24.3 Å². The smallest absolute Gasteiger partial charge is 0.321 e. The number of carbonyl (C=O) groups excluding carboxylic acids is 1. The first-order chi connectivity index (χ1) is 11.3. The van der Waals surface area contributed by atoms with Gasteiger partial charge in [-0.25, -0.2) is 9.78 Å². The van der Waals surface area contributed by atoms with Crippen molar-refractivity contribution in [2.45, 2.75) is 13.1 Å². The summed E-state index contributed by atoms with van der Waals surface area (Å²) < 4.78 is 5.36. The van der Waals surface area contributed by atoms with Crippen LogP contribution in [0.5, 0.6) is 0 Å². The van der Waals surface area contributed by atoms with Crippen LogP contribution in [0.3, 0.4) is 0 Å². The lowest BCUT2D eigenvalue weighted by atomic mass is 10.1. The molecule has 1 aliphatic heterocycles. The highest BCUT2D eigenvalue weighted by Crippen LogP contribution is 2.11. The van der Waals surface area contributed by atoms with Gasteiger partial charge in [-0.2, -0.15) is 0 Å². The first-order valence-corrected chi connectivity index (χ1v) is 8.50. The molecule has 1 aliphatic rings. The third kappa shape index (κ3) is 5.02. The van der Waals surface area contributed by atoms with Crippen molar-refractivity contribution < 1.29 is 9.53 Å². The molecular formula is C16H20N4O2S. The molecule has 0 atom stereocenters. The fourth-order valence-electron chi connectivity index (χ4n) is 2.39. The number of nitrogens with zero attached hydrogens (tertiary/aromatic N) is 2. The number of benzene rings is 1. The number of carbonyl (C=O) groups is 1. The van der Waals surface area contributed by atoms with Crippen molar-refractivity contribution >= 4 is 22.5 Å². The maximum absolute atomic E-state index is 11.7. The topological polar surface area (TPSA) is 66.5 Å². The van der Waals surface area contributed by atoms with Gasteiger partial charge in [0.25, 0.3) is 0 Å². The van der Waals surface area contributed by atoms with Gasteiger partial charge in [0.05, 0.1) is 13.2 Å². The van der Waals surface area contributed by atoms with Gasteiger partial charge < -0.3 is 10.1 Å². The van der Waals surface area contributed by atoms with Crippen LogP contribution in [0.2, 0.25) is 0 Å². The molecular weight excluding hydrogens is 312 g/mol. The number of aromatic nitrogens is 1. The van der Waals surface area contributed by atoms with E-state index in [4.69, 9.17) is 4.74 Å². The predicted molar refractivity (Wildman–Crippen MR) is 90.5 cm³/mol. The number of morpholine rings is 1. The van der Waals surface area contributed by atoms with Gasteiger partial charge in [0, 0.05) is 37.8 Å². The number of rotatable bonds is 5. The van der Waals surface area contributed by atoms with E-state index in [1.165, 1.54) is 16.9 Å². The van der Waals surface area contributed by atoms with Crippen molar-refractivity contribution in [2.24, 2.45) is 0 Å². The van der Waals surface area contributed by atoms with Crippen molar-refractivity contribution in [2.75, 3.05) is 31.6 Å². The summed E-state index contributed by atoms with van der Waals surface area (Å²) in [5.74, 6) is 0. The second-order valence-electron chi connectivity index (χ2n) is 5.35. The molecule has 6 nitrogen and oxygen atoms in total. The van der Waals surface area contributed by atoms with Gasteiger partial charge in [-0.15, -0.1) is 11.3 Å². The van der Waals surface area contributed by atoms with Crippen molar-refractivity contribution in [1.29, 1.82) is 0 Å². The summed E-state index contributed by atoms with van der Waals surface area (Å²) in [5, 5.41) is 7.95. The quantitative estimate of drug-likeness (QED) is 0.882. The zero-order valence-corrected chi connectivity index (χ0v) is 13.6. The Morgan fingerprint density at radius 2 is 1.96 bits per heavy atom. The summed E-state index contributed by atoms with van der Waals surface area (Å²) in [6, 6.07) is 8.10. The second-order valence-corrected chi connectivity index (χ2v) is 6.24. The largest absolute Gasteiger partial charge is 0.379 e. The molecule has 1 fully saturated rings. The van der Waals surface area contributed by atoms with E-state index in [2.05, 4.69) is 44.8 Å². The number of urea groups is 1. The molecule has 0 unspecified atom stereocenters. The minimum atomic E-state index is -0.239. The number of thiazole rings is 1. The van der Waals surface area contributed by atoms with Gasteiger partial charge in [0.1, 0.15) is 0 Å². The SMILES string of the molecule is O=C(NCc1ccc(CN2CCOCC2)cc1)Nc1nccs1. The Hall–Kier alpha value is -1.96. The number of ether oxygens (including phenoxy) is 1. The predicted octanol–water partition coefficient (Wildman–Crippen LogP) is 2.30. The van der Waals surface area contributed by atoms with Gasteiger partial charge >= 0.3 is 6.03 Å². The first-order valence-electron chi connectivity index (χ1n) is 7.62. The number of nitrogens with one attached hydrogen (secondary N) is 2. The molecule has 0 bridgehead atoms. The molecule has 0 spiro atoms. The van der Waals surface area contributed by atoms with E-state index in [1.807, 2.05) is 5.38 Å². The Balaban J connectivity index is 1.44. The third-order valence-corrected chi connectivity index (χ3v) is 4.33. The van der Waals surface area contributed by atoms with Crippen LogP contribution in [0.15, 0.2) is 35.8 Å². The van der Waals surface area contributed by atoms with Crippen LogP contribution in [0.25, 0.3) is 0 Å². The molecule has 23 heavy (non-hydrogen) atoms. The van der Waals surface area contributed by atoms with E-state index in [0.29, 0.717) is 11.7 Å². The van der Waals surface area contributed by atoms with Crippen LogP contribution in [-0.4, -0.2) is 42.2 Å².